The molecular formula is C9H7BrF3NO4. The Morgan fingerprint density at radius 1 is 1.56 bits per heavy atom. The predicted octanol–water partition coefficient (Wildman–Crippen LogP) is 2.58. The second-order valence-electron chi connectivity index (χ2n) is 2.98. The highest BCUT2D eigenvalue weighted by atomic mass is 79.9. The fraction of sp³-hybridized carbons (Fsp3) is 0.333. The van der Waals surface area contributed by atoms with E-state index in [9.17, 15) is 18.0 Å². The van der Waals surface area contributed by atoms with Gasteiger partial charge in [0, 0.05) is 11.4 Å². The normalized spacial score (nSPS) is 11.2. The fourth-order valence-corrected chi connectivity index (χ4v) is 1.46. The molecule has 0 aliphatic carbocycles. The van der Waals surface area contributed by atoms with E-state index in [1.807, 2.05) is 0 Å². The second-order valence-corrected chi connectivity index (χ2v) is 3.54. The summed E-state index contributed by atoms with van der Waals surface area (Å²) in [5.74, 6) is -2.84. The first kappa shape index (κ1) is 14.6. The van der Waals surface area contributed by atoms with Crippen molar-refractivity contribution in [2.45, 2.75) is 11.7 Å². The first-order valence-electron chi connectivity index (χ1n) is 4.41. The molecule has 0 aliphatic heterocycles. The molecule has 0 atom stereocenters. The topological polar surface area (TPSA) is 68.7 Å². The number of alkyl halides is 4. The van der Waals surface area contributed by atoms with E-state index in [0.717, 1.165) is 13.2 Å². The van der Waals surface area contributed by atoms with Gasteiger partial charge in [-0.05, 0) is 0 Å². The molecule has 0 bridgehead atoms. The van der Waals surface area contributed by atoms with Gasteiger partial charge in [-0.25, -0.2) is 9.78 Å². The fourth-order valence-electron chi connectivity index (χ4n) is 1.17. The van der Waals surface area contributed by atoms with Crippen LogP contribution in [0.3, 0.4) is 0 Å². The Morgan fingerprint density at radius 2 is 2.17 bits per heavy atom. The zero-order valence-corrected chi connectivity index (χ0v) is 10.5. The Bertz CT molecular complexity index is 464. The number of pyridine rings is 1. The van der Waals surface area contributed by atoms with Gasteiger partial charge < -0.3 is 14.6 Å². The van der Waals surface area contributed by atoms with E-state index >= 15 is 0 Å². The van der Waals surface area contributed by atoms with Crippen LogP contribution in [0.2, 0.25) is 0 Å². The van der Waals surface area contributed by atoms with E-state index in [-0.39, 0.29) is 11.0 Å². The quantitative estimate of drug-likeness (QED) is 0.860. The molecule has 1 N–H and O–H groups in total. The van der Waals surface area contributed by atoms with Gasteiger partial charge in [-0.1, -0.05) is 15.9 Å². The number of carboxylic acid groups (broad SMARTS) is 1. The molecule has 0 aliphatic rings. The molecule has 0 fully saturated rings. The Balaban J connectivity index is 3.37. The summed E-state index contributed by atoms with van der Waals surface area (Å²) in [6.45, 7) is 0. The average molecular weight is 330 g/mol. The third-order valence-corrected chi connectivity index (χ3v) is 2.34. The smallest absolute Gasteiger partial charge is 0.491 e. The number of methoxy groups -OCH3 is 1. The highest BCUT2D eigenvalue weighted by molar-refractivity contribution is 9.08. The Labute approximate surface area is 108 Å². The van der Waals surface area contributed by atoms with E-state index in [4.69, 9.17) is 5.11 Å². The van der Waals surface area contributed by atoms with Crippen LogP contribution in [0.15, 0.2) is 6.07 Å². The molecule has 0 saturated carbocycles. The molecule has 18 heavy (non-hydrogen) atoms. The second kappa shape index (κ2) is 5.42. The van der Waals surface area contributed by atoms with Gasteiger partial charge >= 0.3 is 12.3 Å². The van der Waals surface area contributed by atoms with Gasteiger partial charge in [-0.3, -0.25) is 0 Å². The summed E-state index contributed by atoms with van der Waals surface area (Å²) in [5.41, 5.74) is -0.568. The van der Waals surface area contributed by atoms with Gasteiger partial charge in [0.05, 0.1) is 12.8 Å². The average Bonchev–Trinajstić information content (AvgIpc) is 2.25. The lowest BCUT2D eigenvalue weighted by atomic mass is 10.2. The van der Waals surface area contributed by atoms with Gasteiger partial charge in [-0.2, -0.15) is 0 Å². The van der Waals surface area contributed by atoms with Crippen LogP contribution in [0.5, 0.6) is 11.5 Å². The van der Waals surface area contributed by atoms with E-state index in [1.54, 1.807) is 0 Å². The van der Waals surface area contributed by atoms with Crippen molar-refractivity contribution in [3.63, 3.8) is 0 Å². The SMILES string of the molecule is COc1c(OC(F)(F)F)cc(CBr)nc1C(=O)O. The van der Waals surface area contributed by atoms with Crippen LogP contribution in [-0.2, 0) is 5.33 Å². The van der Waals surface area contributed by atoms with Crippen molar-refractivity contribution in [3.8, 4) is 11.5 Å². The summed E-state index contributed by atoms with van der Waals surface area (Å²) in [6, 6.07) is 0.952. The van der Waals surface area contributed by atoms with Crippen LogP contribution in [0.4, 0.5) is 13.2 Å². The summed E-state index contributed by atoms with van der Waals surface area (Å²) in [5, 5.41) is 8.92. The summed E-state index contributed by atoms with van der Waals surface area (Å²) < 4.78 is 44.8. The molecule has 0 spiro atoms. The highest BCUT2D eigenvalue weighted by Crippen LogP contribution is 2.35. The van der Waals surface area contributed by atoms with Crippen molar-refractivity contribution >= 4 is 21.9 Å². The van der Waals surface area contributed by atoms with E-state index in [2.05, 4.69) is 30.4 Å². The summed E-state index contributed by atoms with van der Waals surface area (Å²) >= 11 is 2.97. The number of ether oxygens (including phenoxy) is 2. The maximum absolute atomic E-state index is 12.2. The summed E-state index contributed by atoms with van der Waals surface area (Å²) in [4.78, 5) is 14.5. The standard InChI is InChI=1S/C9H7BrF3NO4/c1-17-7-5(18-9(11,12)13)2-4(3-10)14-6(7)8(15)16/h2H,3H2,1H3,(H,15,16). The van der Waals surface area contributed by atoms with Crippen molar-refractivity contribution in [1.82, 2.24) is 4.98 Å². The van der Waals surface area contributed by atoms with Crippen LogP contribution in [-0.4, -0.2) is 29.5 Å². The maximum Gasteiger partial charge on any atom is 0.573 e. The summed E-state index contributed by atoms with van der Waals surface area (Å²) in [6.07, 6.45) is -4.95. The highest BCUT2D eigenvalue weighted by Gasteiger charge is 2.34. The van der Waals surface area contributed by atoms with Crippen molar-refractivity contribution in [3.05, 3.63) is 17.5 Å². The zero-order valence-electron chi connectivity index (χ0n) is 8.92. The number of halogens is 4. The minimum absolute atomic E-state index is 0.0749. The molecule has 5 nitrogen and oxygen atoms in total. The van der Waals surface area contributed by atoms with Crippen molar-refractivity contribution in [1.29, 1.82) is 0 Å². The third-order valence-electron chi connectivity index (χ3n) is 1.76. The van der Waals surface area contributed by atoms with Gasteiger partial charge in [0.15, 0.2) is 17.2 Å². The molecule has 1 rings (SSSR count). The minimum atomic E-state index is -4.95. The van der Waals surface area contributed by atoms with E-state index < -0.39 is 29.5 Å². The van der Waals surface area contributed by atoms with Gasteiger partial charge in [-0.15, -0.1) is 13.2 Å². The number of hydrogen-bond donors (Lipinski definition) is 1. The predicted molar refractivity (Wildman–Crippen MR) is 57.1 cm³/mol. The number of carboxylic acids is 1. The van der Waals surface area contributed by atoms with Gasteiger partial charge in [0.25, 0.3) is 0 Å². The number of carbonyl (C=O) groups is 1. The number of rotatable bonds is 4. The van der Waals surface area contributed by atoms with Crippen LogP contribution in [0.25, 0.3) is 0 Å². The van der Waals surface area contributed by atoms with Gasteiger partial charge in [0.2, 0.25) is 0 Å². The van der Waals surface area contributed by atoms with E-state index in [1.165, 1.54) is 0 Å². The number of aromatic carboxylic acids is 1. The lowest BCUT2D eigenvalue weighted by Gasteiger charge is -2.14. The molecule has 0 aromatic carbocycles. The number of aromatic nitrogens is 1. The molecule has 1 aromatic heterocycles. The molecule has 0 saturated heterocycles. The van der Waals surface area contributed by atoms with Crippen LogP contribution >= 0.6 is 15.9 Å². The maximum atomic E-state index is 12.2. The molecule has 0 radical (unpaired) electrons. The van der Waals surface area contributed by atoms with Crippen LogP contribution in [0, 0.1) is 0 Å². The molecule has 0 unspecified atom stereocenters. The van der Waals surface area contributed by atoms with Gasteiger partial charge in [0.1, 0.15) is 0 Å². The van der Waals surface area contributed by atoms with Crippen molar-refractivity contribution < 1.29 is 32.5 Å². The lowest BCUT2D eigenvalue weighted by molar-refractivity contribution is -0.275. The van der Waals surface area contributed by atoms with Crippen LogP contribution < -0.4 is 9.47 Å². The monoisotopic (exact) mass is 329 g/mol. The van der Waals surface area contributed by atoms with Crippen LogP contribution in [0.1, 0.15) is 16.2 Å². The molecule has 1 heterocycles. The first-order valence-corrected chi connectivity index (χ1v) is 5.53. The lowest BCUT2D eigenvalue weighted by Crippen LogP contribution is -2.19. The van der Waals surface area contributed by atoms with Crippen molar-refractivity contribution in [2.75, 3.05) is 7.11 Å². The molecule has 0 amide bonds. The molecule has 100 valence electrons. The number of hydrogen-bond acceptors (Lipinski definition) is 4. The minimum Gasteiger partial charge on any atom is -0.491 e. The molecule has 1 aromatic rings. The largest absolute Gasteiger partial charge is 0.573 e. The Kier molecular flexibility index (Phi) is 4.38. The molecular weight excluding hydrogens is 323 g/mol. The Hall–Kier alpha value is -1.51. The van der Waals surface area contributed by atoms with E-state index in [0.29, 0.717) is 0 Å². The number of nitrogens with zero attached hydrogens (tertiary/aromatic N) is 1. The summed E-state index contributed by atoms with van der Waals surface area (Å²) in [7, 11) is 1.03. The molecule has 9 heteroatoms. The first-order chi connectivity index (χ1) is 8.28. The van der Waals surface area contributed by atoms with Crippen molar-refractivity contribution in [2.24, 2.45) is 0 Å². The third kappa shape index (κ3) is 3.49. The zero-order chi connectivity index (χ0) is 13.9. The Morgan fingerprint density at radius 3 is 2.56 bits per heavy atom.